The molecule has 0 amide bonds. The molecule has 2 aromatic rings. The van der Waals surface area contributed by atoms with Crippen LogP contribution in [0.1, 0.15) is 11.1 Å². The topological polar surface area (TPSA) is 33.7 Å². The summed E-state index contributed by atoms with van der Waals surface area (Å²) in [6.07, 6.45) is 0. The van der Waals surface area contributed by atoms with Gasteiger partial charge in [0.2, 0.25) is 0 Å². The van der Waals surface area contributed by atoms with E-state index in [1.165, 1.54) is 11.1 Å². The molecule has 0 saturated carbocycles. The number of rotatable bonds is 8. The van der Waals surface area contributed by atoms with E-state index in [4.69, 9.17) is 21.7 Å². The SMILES string of the molecule is COCCNC(=S)N(Cc1ccccc1)Cc1ccc(OC)cc1. The zero-order valence-electron chi connectivity index (χ0n) is 14.2. The fourth-order valence-corrected chi connectivity index (χ4v) is 2.56. The summed E-state index contributed by atoms with van der Waals surface area (Å²) in [5.41, 5.74) is 2.41. The summed E-state index contributed by atoms with van der Waals surface area (Å²) in [4.78, 5) is 2.15. The summed E-state index contributed by atoms with van der Waals surface area (Å²) in [6, 6.07) is 18.4. The van der Waals surface area contributed by atoms with Gasteiger partial charge in [-0.15, -0.1) is 0 Å². The number of methoxy groups -OCH3 is 2. The number of nitrogens with one attached hydrogen (secondary N) is 1. The maximum absolute atomic E-state index is 5.57. The molecule has 128 valence electrons. The van der Waals surface area contributed by atoms with Crippen LogP contribution in [0.15, 0.2) is 54.6 Å². The maximum Gasteiger partial charge on any atom is 0.169 e. The van der Waals surface area contributed by atoms with Gasteiger partial charge in [0.15, 0.2) is 5.11 Å². The number of benzene rings is 2. The highest BCUT2D eigenvalue weighted by Crippen LogP contribution is 2.15. The lowest BCUT2D eigenvalue weighted by atomic mass is 10.1. The van der Waals surface area contributed by atoms with Gasteiger partial charge in [0.1, 0.15) is 5.75 Å². The van der Waals surface area contributed by atoms with Gasteiger partial charge >= 0.3 is 0 Å². The smallest absolute Gasteiger partial charge is 0.169 e. The van der Waals surface area contributed by atoms with Gasteiger partial charge in [-0.1, -0.05) is 42.5 Å². The summed E-state index contributed by atoms with van der Waals surface area (Å²) >= 11 is 5.57. The molecule has 0 aliphatic heterocycles. The van der Waals surface area contributed by atoms with E-state index in [-0.39, 0.29) is 0 Å². The standard InChI is InChI=1S/C19H24N2O2S/c1-22-13-12-20-19(24)21(14-16-6-4-3-5-7-16)15-17-8-10-18(23-2)11-9-17/h3-11H,12-15H2,1-2H3,(H,20,24). The molecule has 0 bridgehead atoms. The lowest BCUT2D eigenvalue weighted by Gasteiger charge is -2.26. The van der Waals surface area contributed by atoms with Gasteiger partial charge < -0.3 is 19.7 Å². The Kier molecular flexibility index (Phi) is 7.52. The second kappa shape index (κ2) is 9.90. The molecule has 0 heterocycles. The molecule has 2 aromatic carbocycles. The van der Waals surface area contributed by atoms with Crippen molar-refractivity contribution in [2.45, 2.75) is 13.1 Å². The molecule has 0 aliphatic carbocycles. The molecule has 4 nitrogen and oxygen atoms in total. The van der Waals surface area contributed by atoms with Crippen molar-refractivity contribution in [1.82, 2.24) is 10.2 Å². The van der Waals surface area contributed by atoms with Crippen molar-refractivity contribution >= 4 is 17.3 Å². The van der Waals surface area contributed by atoms with Gasteiger partial charge in [0.25, 0.3) is 0 Å². The van der Waals surface area contributed by atoms with Crippen LogP contribution in [-0.2, 0) is 17.8 Å². The fourth-order valence-electron chi connectivity index (χ4n) is 2.33. The predicted octanol–water partition coefficient (Wildman–Crippen LogP) is 3.22. The van der Waals surface area contributed by atoms with E-state index >= 15 is 0 Å². The molecule has 2 rings (SSSR count). The summed E-state index contributed by atoms with van der Waals surface area (Å²) < 4.78 is 10.3. The molecule has 0 radical (unpaired) electrons. The Hall–Kier alpha value is -2.11. The van der Waals surface area contributed by atoms with Crippen molar-refractivity contribution in [1.29, 1.82) is 0 Å². The quantitative estimate of drug-likeness (QED) is 0.587. The molecule has 1 N–H and O–H groups in total. The monoisotopic (exact) mass is 344 g/mol. The van der Waals surface area contributed by atoms with Gasteiger partial charge in [0, 0.05) is 26.7 Å². The van der Waals surface area contributed by atoms with Crippen molar-refractivity contribution in [2.24, 2.45) is 0 Å². The summed E-state index contributed by atoms with van der Waals surface area (Å²) in [7, 11) is 3.36. The average Bonchev–Trinajstić information content (AvgIpc) is 2.63. The normalized spacial score (nSPS) is 10.2. The van der Waals surface area contributed by atoms with Crippen molar-refractivity contribution < 1.29 is 9.47 Å². The molecule has 0 saturated heterocycles. The Bertz CT molecular complexity index is 617. The molecular weight excluding hydrogens is 320 g/mol. The van der Waals surface area contributed by atoms with E-state index in [1.54, 1.807) is 14.2 Å². The van der Waals surface area contributed by atoms with Crippen LogP contribution in [0, 0.1) is 0 Å². The van der Waals surface area contributed by atoms with Crippen molar-refractivity contribution in [3.63, 3.8) is 0 Å². The van der Waals surface area contributed by atoms with Crippen LogP contribution in [0.5, 0.6) is 5.75 Å². The molecule has 0 fully saturated rings. The zero-order chi connectivity index (χ0) is 17.2. The number of hydrogen-bond acceptors (Lipinski definition) is 3. The molecule has 0 aromatic heterocycles. The van der Waals surface area contributed by atoms with E-state index in [9.17, 15) is 0 Å². The van der Waals surface area contributed by atoms with E-state index in [0.29, 0.717) is 13.2 Å². The van der Waals surface area contributed by atoms with Crippen LogP contribution in [0.25, 0.3) is 0 Å². The van der Waals surface area contributed by atoms with Crippen LogP contribution >= 0.6 is 12.2 Å². The number of thiocarbonyl (C=S) groups is 1. The van der Waals surface area contributed by atoms with Crippen molar-refractivity contribution in [3.8, 4) is 5.75 Å². The number of nitrogens with zero attached hydrogens (tertiary/aromatic N) is 1. The largest absolute Gasteiger partial charge is 0.497 e. The summed E-state index contributed by atoms with van der Waals surface area (Å²) in [5, 5.41) is 3.98. The van der Waals surface area contributed by atoms with Crippen LogP contribution in [-0.4, -0.2) is 37.4 Å². The highest BCUT2D eigenvalue weighted by molar-refractivity contribution is 7.80. The second-order valence-electron chi connectivity index (χ2n) is 5.41. The minimum Gasteiger partial charge on any atom is -0.497 e. The van der Waals surface area contributed by atoms with Gasteiger partial charge in [0.05, 0.1) is 13.7 Å². The van der Waals surface area contributed by atoms with Gasteiger partial charge in [-0.3, -0.25) is 0 Å². The van der Waals surface area contributed by atoms with E-state index in [1.807, 2.05) is 30.3 Å². The third-order valence-corrected chi connectivity index (χ3v) is 4.02. The molecule has 0 spiro atoms. The predicted molar refractivity (Wildman–Crippen MR) is 101 cm³/mol. The van der Waals surface area contributed by atoms with Crippen molar-refractivity contribution in [2.75, 3.05) is 27.4 Å². The first-order valence-electron chi connectivity index (χ1n) is 7.91. The van der Waals surface area contributed by atoms with Gasteiger partial charge in [-0.25, -0.2) is 0 Å². The Labute approximate surface area is 149 Å². The highest BCUT2D eigenvalue weighted by Gasteiger charge is 2.11. The molecule has 0 atom stereocenters. The first-order chi connectivity index (χ1) is 11.7. The third-order valence-electron chi connectivity index (χ3n) is 3.62. The first-order valence-corrected chi connectivity index (χ1v) is 8.32. The lowest BCUT2D eigenvalue weighted by molar-refractivity contribution is 0.202. The van der Waals surface area contributed by atoms with Gasteiger partial charge in [-0.05, 0) is 35.5 Å². The van der Waals surface area contributed by atoms with E-state index in [0.717, 1.165) is 24.0 Å². The van der Waals surface area contributed by atoms with E-state index in [2.05, 4.69) is 34.5 Å². The minimum atomic E-state index is 0.627. The summed E-state index contributed by atoms with van der Waals surface area (Å²) in [5.74, 6) is 0.856. The fraction of sp³-hybridized carbons (Fsp3) is 0.316. The Morgan fingerprint density at radius 1 is 0.958 bits per heavy atom. The molecular formula is C19H24N2O2S. The average molecular weight is 344 g/mol. The Morgan fingerprint density at radius 2 is 1.58 bits per heavy atom. The molecule has 5 heteroatoms. The lowest BCUT2D eigenvalue weighted by Crippen LogP contribution is -2.40. The Balaban J connectivity index is 2.06. The Morgan fingerprint density at radius 3 is 2.17 bits per heavy atom. The minimum absolute atomic E-state index is 0.627. The van der Waals surface area contributed by atoms with Crippen molar-refractivity contribution in [3.05, 3.63) is 65.7 Å². The molecule has 0 aliphatic rings. The van der Waals surface area contributed by atoms with Crippen LogP contribution in [0.2, 0.25) is 0 Å². The highest BCUT2D eigenvalue weighted by atomic mass is 32.1. The van der Waals surface area contributed by atoms with Crippen LogP contribution in [0.4, 0.5) is 0 Å². The number of hydrogen-bond donors (Lipinski definition) is 1. The molecule has 0 unspecified atom stereocenters. The zero-order valence-corrected chi connectivity index (χ0v) is 15.0. The van der Waals surface area contributed by atoms with Crippen LogP contribution in [0.3, 0.4) is 0 Å². The third kappa shape index (κ3) is 5.83. The van der Waals surface area contributed by atoms with Crippen LogP contribution < -0.4 is 10.1 Å². The number of ether oxygens (including phenoxy) is 2. The maximum atomic E-state index is 5.57. The summed E-state index contributed by atoms with van der Waals surface area (Å²) in [6.45, 7) is 2.81. The van der Waals surface area contributed by atoms with E-state index < -0.39 is 0 Å². The molecule has 24 heavy (non-hydrogen) atoms. The van der Waals surface area contributed by atoms with Gasteiger partial charge in [-0.2, -0.15) is 0 Å². The second-order valence-corrected chi connectivity index (χ2v) is 5.80. The first kappa shape index (κ1) is 18.2.